The Morgan fingerprint density at radius 2 is 2.11 bits per heavy atom. The average molecular weight is 390 g/mol. The van der Waals surface area contributed by atoms with Crippen LogP contribution in [0.15, 0.2) is 48.7 Å². The number of hydrogen-bond acceptors (Lipinski definition) is 4. The van der Waals surface area contributed by atoms with Gasteiger partial charge in [0.1, 0.15) is 0 Å². The van der Waals surface area contributed by atoms with Crippen molar-refractivity contribution >= 4 is 32.3 Å². The first-order valence-electron chi connectivity index (χ1n) is 9.90. The summed E-state index contributed by atoms with van der Waals surface area (Å²) >= 11 is 1.64. The van der Waals surface area contributed by atoms with Gasteiger partial charge in [0.05, 0.1) is 15.9 Å². The highest BCUT2D eigenvalue weighted by molar-refractivity contribution is 7.23. The monoisotopic (exact) mass is 389 g/mol. The highest BCUT2D eigenvalue weighted by atomic mass is 32.1. The fourth-order valence-electron chi connectivity index (χ4n) is 3.98. The van der Waals surface area contributed by atoms with Crippen LogP contribution in [0.5, 0.6) is 0 Å². The molecule has 0 radical (unpaired) electrons. The van der Waals surface area contributed by atoms with Gasteiger partial charge in [-0.25, -0.2) is 4.98 Å². The van der Waals surface area contributed by atoms with Crippen molar-refractivity contribution in [2.45, 2.75) is 26.2 Å². The number of carbonyl (C=O) groups excluding carboxylic acids is 1. The minimum absolute atomic E-state index is 0.250. The molecule has 3 heterocycles. The van der Waals surface area contributed by atoms with Gasteiger partial charge in [0, 0.05) is 23.7 Å². The standard InChI is InChI=1S/C23H23N3OS/c1-15-2-5-17(6-3-15)19-14-26-20-8-7-18(12-22(20)28-23(26)25-19)21(27)9-4-16-10-11-24-13-16/h2-3,5-8,12,14,16,24H,4,9-11,13H2,1H3/t16-/m0/s1. The summed E-state index contributed by atoms with van der Waals surface area (Å²) in [6.07, 6.45) is 4.90. The maximum absolute atomic E-state index is 12.6. The van der Waals surface area contributed by atoms with E-state index in [0.29, 0.717) is 12.3 Å². The Kier molecular flexibility index (Phi) is 4.49. The van der Waals surface area contributed by atoms with E-state index in [-0.39, 0.29) is 5.78 Å². The van der Waals surface area contributed by atoms with Crippen LogP contribution in [0.25, 0.3) is 26.4 Å². The molecule has 4 aromatic rings. The van der Waals surface area contributed by atoms with Gasteiger partial charge in [-0.3, -0.25) is 9.20 Å². The maximum Gasteiger partial charge on any atom is 0.195 e. The van der Waals surface area contributed by atoms with E-state index >= 15 is 0 Å². The van der Waals surface area contributed by atoms with Crippen LogP contribution in [0.2, 0.25) is 0 Å². The number of rotatable bonds is 5. The number of benzene rings is 2. The Morgan fingerprint density at radius 3 is 2.89 bits per heavy atom. The summed E-state index contributed by atoms with van der Waals surface area (Å²) in [4.78, 5) is 18.4. The van der Waals surface area contributed by atoms with E-state index in [2.05, 4.69) is 53.2 Å². The van der Waals surface area contributed by atoms with Gasteiger partial charge in [0.25, 0.3) is 0 Å². The van der Waals surface area contributed by atoms with Crippen LogP contribution in [0.4, 0.5) is 0 Å². The average Bonchev–Trinajstić information content (AvgIpc) is 3.42. The summed E-state index contributed by atoms with van der Waals surface area (Å²) in [6, 6.07) is 14.5. The predicted molar refractivity (Wildman–Crippen MR) is 115 cm³/mol. The molecule has 0 bridgehead atoms. The summed E-state index contributed by atoms with van der Waals surface area (Å²) in [7, 11) is 0. The fourth-order valence-corrected chi connectivity index (χ4v) is 5.03. The summed E-state index contributed by atoms with van der Waals surface area (Å²) in [5, 5.41) is 3.37. The van der Waals surface area contributed by atoms with Crippen molar-refractivity contribution in [2.24, 2.45) is 5.92 Å². The summed E-state index contributed by atoms with van der Waals surface area (Å²) in [5.74, 6) is 0.901. The van der Waals surface area contributed by atoms with Crippen molar-refractivity contribution in [3.63, 3.8) is 0 Å². The van der Waals surface area contributed by atoms with E-state index in [4.69, 9.17) is 4.98 Å². The molecule has 0 amide bonds. The van der Waals surface area contributed by atoms with Gasteiger partial charge in [-0.2, -0.15) is 0 Å². The highest BCUT2D eigenvalue weighted by Crippen LogP contribution is 2.30. The predicted octanol–water partition coefficient (Wildman–Crippen LogP) is 5.10. The molecule has 2 aromatic heterocycles. The maximum atomic E-state index is 12.6. The molecule has 1 saturated heterocycles. The number of thiazole rings is 1. The number of ketones is 1. The van der Waals surface area contributed by atoms with Gasteiger partial charge >= 0.3 is 0 Å². The van der Waals surface area contributed by atoms with Crippen LogP contribution in [0.3, 0.4) is 0 Å². The molecule has 1 atom stereocenters. The lowest BCUT2D eigenvalue weighted by atomic mass is 9.98. The number of aromatic nitrogens is 2. The molecule has 4 nitrogen and oxygen atoms in total. The second-order valence-electron chi connectivity index (χ2n) is 7.75. The number of hydrogen-bond donors (Lipinski definition) is 1. The first kappa shape index (κ1) is 17.6. The molecule has 28 heavy (non-hydrogen) atoms. The topological polar surface area (TPSA) is 46.4 Å². The largest absolute Gasteiger partial charge is 0.316 e. The highest BCUT2D eigenvalue weighted by Gasteiger charge is 2.17. The molecule has 5 rings (SSSR count). The van der Waals surface area contributed by atoms with Gasteiger partial charge in [-0.1, -0.05) is 41.2 Å². The van der Waals surface area contributed by atoms with Crippen LogP contribution < -0.4 is 5.32 Å². The van der Waals surface area contributed by atoms with E-state index < -0.39 is 0 Å². The molecule has 1 aliphatic rings. The summed E-state index contributed by atoms with van der Waals surface area (Å²) in [5.41, 5.74) is 5.29. The fraction of sp³-hybridized carbons (Fsp3) is 0.304. The first-order chi connectivity index (χ1) is 13.7. The number of carbonyl (C=O) groups is 1. The van der Waals surface area contributed by atoms with E-state index in [1.54, 1.807) is 11.3 Å². The van der Waals surface area contributed by atoms with Crippen LogP contribution in [0, 0.1) is 12.8 Å². The van der Waals surface area contributed by atoms with E-state index in [1.807, 2.05) is 12.1 Å². The van der Waals surface area contributed by atoms with E-state index in [0.717, 1.165) is 51.5 Å². The normalized spacial score (nSPS) is 17.0. The van der Waals surface area contributed by atoms with Crippen molar-refractivity contribution in [2.75, 3.05) is 13.1 Å². The zero-order chi connectivity index (χ0) is 19.1. The SMILES string of the molecule is Cc1ccc(-c2cn3c(n2)sc2cc(C(=O)CC[C@H]4CCNC4)ccc23)cc1. The summed E-state index contributed by atoms with van der Waals surface area (Å²) in [6.45, 7) is 4.23. The molecule has 0 saturated carbocycles. The van der Waals surface area contributed by atoms with Crippen LogP contribution in [-0.4, -0.2) is 28.3 Å². The molecule has 0 spiro atoms. The van der Waals surface area contributed by atoms with E-state index in [1.165, 1.54) is 12.0 Å². The third kappa shape index (κ3) is 3.25. The second-order valence-corrected chi connectivity index (χ2v) is 8.76. The third-order valence-corrected chi connectivity index (χ3v) is 6.72. The molecular formula is C23H23N3OS. The van der Waals surface area contributed by atoms with Crippen molar-refractivity contribution in [3.8, 4) is 11.3 Å². The third-order valence-electron chi connectivity index (χ3n) is 5.71. The lowest BCUT2D eigenvalue weighted by Crippen LogP contribution is -2.10. The second kappa shape index (κ2) is 7.15. The van der Waals surface area contributed by atoms with Crippen LogP contribution >= 0.6 is 11.3 Å². The smallest absolute Gasteiger partial charge is 0.195 e. The first-order valence-corrected chi connectivity index (χ1v) is 10.7. The van der Waals surface area contributed by atoms with E-state index in [9.17, 15) is 4.79 Å². The summed E-state index contributed by atoms with van der Waals surface area (Å²) < 4.78 is 3.25. The number of imidazole rings is 1. The molecule has 1 N–H and O–H groups in total. The molecule has 2 aromatic carbocycles. The molecule has 0 unspecified atom stereocenters. The number of fused-ring (bicyclic) bond motifs is 3. The lowest BCUT2D eigenvalue weighted by Gasteiger charge is -2.07. The van der Waals surface area contributed by atoms with Gasteiger partial charge in [-0.05, 0) is 57.0 Å². The quantitative estimate of drug-likeness (QED) is 0.483. The Hall–Kier alpha value is -2.50. The Morgan fingerprint density at radius 1 is 1.25 bits per heavy atom. The van der Waals surface area contributed by atoms with Gasteiger partial charge in [0.2, 0.25) is 0 Å². The zero-order valence-electron chi connectivity index (χ0n) is 15.9. The van der Waals surface area contributed by atoms with Crippen LogP contribution in [0.1, 0.15) is 35.2 Å². The zero-order valence-corrected chi connectivity index (χ0v) is 16.8. The molecule has 142 valence electrons. The van der Waals surface area contributed by atoms with Gasteiger partial charge < -0.3 is 5.32 Å². The van der Waals surface area contributed by atoms with Gasteiger partial charge in [-0.15, -0.1) is 0 Å². The molecule has 0 aliphatic carbocycles. The Bertz CT molecular complexity index is 1150. The lowest BCUT2D eigenvalue weighted by molar-refractivity contribution is 0.0975. The minimum Gasteiger partial charge on any atom is -0.316 e. The molecule has 1 aliphatic heterocycles. The Labute approximate surface area is 168 Å². The van der Waals surface area contributed by atoms with Crippen molar-refractivity contribution in [3.05, 3.63) is 59.8 Å². The minimum atomic E-state index is 0.250. The van der Waals surface area contributed by atoms with Crippen LogP contribution in [-0.2, 0) is 0 Å². The van der Waals surface area contributed by atoms with Gasteiger partial charge in [0.15, 0.2) is 10.7 Å². The molecule has 5 heteroatoms. The molecular weight excluding hydrogens is 366 g/mol. The number of nitrogens with one attached hydrogen (secondary N) is 1. The number of Topliss-reactive ketones (excluding diaryl/α,β-unsaturated/α-hetero) is 1. The van der Waals surface area contributed by atoms with Crippen molar-refractivity contribution in [1.29, 1.82) is 0 Å². The Balaban J connectivity index is 1.41. The number of nitrogens with zero attached hydrogens (tertiary/aromatic N) is 2. The van der Waals surface area contributed by atoms with Crippen molar-refractivity contribution < 1.29 is 4.79 Å². The molecule has 1 fully saturated rings. The number of aryl methyl sites for hydroxylation is 1. The van der Waals surface area contributed by atoms with Crippen molar-refractivity contribution in [1.82, 2.24) is 14.7 Å².